The maximum Gasteiger partial charge on any atom is 0.233 e. The summed E-state index contributed by atoms with van der Waals surface area (Å²) in [5, 5.41) is 3.22. The van der Waals surface area contributed by atoms with Crippen molar-refractivity contribution in [1.29, 1.82) is 0 Å². The van der Waals surface area contributed by atoms with E-state index in [4.69, 9.17) is 4.74 Å². The molecule has 1 aromatic heterocycles. The van der Waals surface area contributed by atoms with Gasteiger partial charge in [-0.3, -0.25) is 0 Å². The van der Waals surface area contributed by atoms with Crippen LogP contribution in [-0.2, 0) is 0 Å². The van der Waals surface area contributed by atoms with Crippen molar-refractivity contribution >= 4 is 21.7 Å². The van der Waals surface area contributed by atoms with Crippen LogP contribution in [0.5, 0.6) is 5.88 Å². The molecule has 1 heterocycles. The summed E-state index contributed by atoms with van der Waals surface area (Å²) >= 11 is 3.58. The Bertz CT molecular complexity index is 548. The van der Waals surface area contributed by atoms with Gasteiger partial charge in [0, 0.05) is 12.0 Å². The minimum atomic E-state index is 0.237. The summed E-state index contributed by atoms with van der Waals surface area (Å²) in [5.41, 5.74) is 0.585. The van der Waals surface area contributed by atoms with Crippen LogP contribution in [-0.4, -0.2) is 22.6 Å². The number of hydrogen-bond acceptors (Lipinski definition) is 4. The molecule has 1 N–H and O–H groups in total. The second kappa shape index (κ2) is 5.11. The molecule has 2 fully saturated rings. The molecule has 0 aromatic carbocycles. The van der Waals surface area contributed by atoms with Crippen LogP contribution in [0.1, 0.15) is 47.0 Å². The zero-order chi connectivity index (χ0) is 15.3. The van der Waals surface area contributed by atoms with E-state index in [0.29, 0.717) is 11.3 Å². The quantitative estimate of drug-likeness (QED) is 0.877. The van der Waals surface area contributed by atoms with Gasteiger partial charge in [-0.1, -0.05) is 20.8 Å². The monoisotopic (exact) mass is 353 g/mol. The van der Waals surface area contributed by atoms with Gasteiger partial charge in [-0.25, -0.2) is 9.97 Å². The molecule has 0 aliphatic heterocycles. The lowest BCUT2D eigenvalue weighted by atomic mass is 9.70. The molecule has 5 heteroatoms. The molecule has 21 heavy (non-hydrogen) atoms. The lowest BCUT2D eigenvalue weighted by molar-refractivity contribution is 0.0267. The van der Waals surface area contributed by atoms with Gasteiger partial charge in [0.1, 0.15) is 22.7 Å². The first-order valence-electron chi connectivity index (χ1n) is 7.81. The summed E-state index contributed by atoms with van der Waals surface area (Å²) in [4.78, 5) is 8.57. The standard InChI is InChI=1S/C16H24BrN3O/c1-5-18-13-12(17)14(20-9-19-13)21-11-8-10-6-7-16(11,4)15(10,2)3/h9-11H,5-8H2,1-4H3,(H,18,19,20). The normalized spacial score (nSPS) is 33.2. The highest BCUT2D eigenvalue weighted by Crippen LogP contribution is 2.66. The number of rotatable bonds is 4. The molecule has 0 radical (unpaired) electrons. The Labute approximate surface area is 135 Å². The van der Waals surface area contributed by atoms with Crippen LogP contribution < -0.4 is 10.1 Å². The van der Waals surface area contributed by atoms with Crippen LogP contribution in [0.3, 0.4) is 0 Å². The number of ether oxygens (including phenoxy) is 1. The van der Waals surface area contributed by atoms with Crippen molar-refractivity contribution in [2.45, 2.75) is 53.1 Å². The largest absolute Gasteiger partial charge is 0.473 e. The van der Waals surface area contributed by atoms with Crippen molar-refractivity contribution in [3.63, 3.8) is 0 Å². The fourth-order valence-corrected chi connectivity index (χ4v) is 4.61. The van der Waals surface area contributed by atoms with Gasteiger partial charge >= 0.3 is 0 Å². The van der Waals surface area contributed by atoms with Crippen molar-refractivity contribution in [2.24, 2.45) is 16.7 Å². The van der Waals surface area contributed by atoms with E-state index in [1.54, 1.807) is 6.33 Å². The van der Waals surface area contributed by atoms with Crippen LogP contribution in [0.15, 0.2) is 10.8 Å². The number of nitrogens with zero attached hydrogens (tertiary/aromatic N) is 2. The van der Waals surface area contributed by atoms with Gasteiger partial charge in [-0.05, 0) is 53.4 Å². The fraction of sp³-hybridized carbons (Fsp3) is 0.750. The minimum Gasteiger partial charge on any atom is -0.473 e. The zero-order valence-corrected chi connectivity index (χ0v) is 14.8. The molecule has 1 aromatic rings. The molecule has 4 nitrogen and oxygen atoms in total. The number of hydrogen-bond donors (Lipinski definition) is 1. The van der Waals surface area contributed by atoms with Crippen molar-refractivity contribution in [1.82, 2.24) is 9.97 Å². The predicted octanol–water partition coefficient (Wildman–Crippen LogP) is 4.26. The van der Waals surface area contributed by atoms with Gasteiger partial charge in [-0.2, -0.15) is 0 Å². The van der Waals surface area contributed by atoms with Gasteiger partial charge in [0.2, 0.25) is 5.88 Å². The van der Waals surface area contributed by atoms with Gasteiger partial charge in [0.05, 0.1) is 0 Å². The SMILES string of the molecule is CCNc1ncnc(OC2CC3CCC2(C)C3(C)C)c1Br. The Kier molecular flexibility index (Phi) is 3.67. The lowest BCUT2D eigenvalue weighted by Crippen LogP contribution is -2.39. The molecule has 0 saturated heterocycles. The van der Waals surface area contributed by atoms with Gasteiger partial charge in [0.15, 0.2) is 0 Å². The van der Waals surface area contributed by atoms with E-state index in [9.17, 15) is 0 Å². The molecule has 2 aliphatic carbocycles. The number of anilines is 1. The molecule has 3 unspecified atom stereocenters. The first kappa shape index (κ1) is 15.1. The fourth-order valence-electron chi connectivity index (χ4n) is 4.17. The smallest absolute Gasteiger partial charge is 0.233 e. The summed E-state index contributed by atoms with van der Waals surface area (Å²) in [6.07, 6.45) is 5.52. The van der Waals surface area contributed by atoms with E-state index in [-0.39, 0.29) is 11.5 Å². The summed E-state index contributed by atoms with van der Waals surface area (Å²) in [6, 6.07) is 0. The molecule has 2 saturated carbocycles. The third kappa shape index (κ3) is 2.16. The van der Waals surface area contributed by atoms with E-state index in [0.717, 1.165) is 29.2 Å². The number of nitrogens with one attached hydrogen (secondary N) is 1. The average molecular weight is 354 g/mol. The van der Waals surface area contributed by atoms with Crippen molar-refractivity contribution in [3.8, 4) is 5.88 Å². The molecular formula is C16H24BrN3O. The summed E-state index contributed by atoms with van der Waals surface area (Å²) in [6.45, 7) is 10.0. The molecular weight excluding hydrogens is 330 g/mol. The second-order valence-electron chi connectivity index (χ2n) is 7.09. The first-order valence-corrected chi connectivity index (χ1v) is 8.60. The summed E-state index contributed by atoms with van der Waals surface area (Å²) in [5.74, 6) is 2.23. The van der Waals surface area contributed by atoms with Crippen LogP contribution in [0.25, 0.3) is 0 Å². The maximum absolute atomic E-state index is 6.33. The summed E-state index contributed by atoms with van der Waals surface area (Å²) < 4.78 is 7.16. The summed E-state index contributed by atoms with van der Waals surface area (Å²) in [7, 11) is 0. The number of fused-ring (bicyclic) bond motifs is 2. The average Bonchev–Trinajstić information content (AvgIpc) is 2.76. The van der Waals surface area contributed by atoms with E-state index in [2.05, 4.69) is 58.9 Å². The molecule has 2 aliphatic rings. The highest BCUT2D eigenvalue weighted by atomic mass is 79.9. The van der Waals surface area contributed by atoms with E-state index < -0.39 is 0 Å². The highest BCUT2D eigenvalue weighted by Gasteiger charge is 2.62. The van der Waals surface area contributed by atoms with E-state index >= 15 is 0 Å². The van der Waals surface area contributed by atoms with Gasteiger partial charge in [-0.15, -0.1) is 0 Å². The van der Waals surface area contributed by atoms with Crippen LogP contribution in [0, 0.1) is 16.7 Å². The second-order valence-corrected chi connectivity index (χ2v) is 7.88. The topological polar surface area (TPSA) is 47.0 Å². The first-order chi connectivity index (χ1) is 9.90. The van der Waals surface area contributed by atoms with E-state index in [1.165, 1.54) is 12.8 Å². The van der Waals surface area contributed by atoms with E-state index in [1.807, 2.05) is 0 Å². The van der Waals surface area contributed by atoms with Crippen LogP contribution >= 0.6 is 15.9 Å². The molecule has 0 spiro atoms. The van der Waals surface area contributed by atoms with Crippen LogP contribution in [0.4, 0.5) is 5.82 Å². The van der Waals surface area contributed by atoms with Gasteiger partial charge in [0.25, 0.3) is 0 Å². The molecule has 2 bridgehead atoms. The number of aromatic nitrogens is 2. The molecule has 3 atom stereocenters. The van der Waals surface area contributed by atoms with Crippen LogP contribution in [0.2, 0.25) is 0 Å². The van der Waals surface area contributed by atoms with Gasteiger partial charge < -0.3 is 10.1 Å². The Hall–Kier alpha value is -0.840. The third-order valence-electron chi connectivity index (χ3n) is 6.07. The predicted molar refractivity (Wildman–Crippen MR) is 87.5 cm³/mol. The maximum atomic E-state index is 6.33. The highest BCUT2D eigenvalue weighted by molar-refractivity contribution is 9.10. The Morgan fingerprint density at radius 1 is 1.38 bits per heavy atom. The minimum absolute atomic E-state index is 0.237. The Morgan fingerprint density at radius 2 is 2.14 bits per heavy atom. The van der Waals surface area contributed by atoms with Crippen molar-refractivity contribution < 1.29 is 4.74 Å². The Morgan fingerprint density at radius 3 is 2.71 bits per heavy atom. The van der Waals surface area contributed by atoms with Crippen molar-refractivity contribution in [3.05, 3.63) is 10.8 Å². The molecule has 0 amide bonds. The number of halogens is 1. The zero-order valence-electron chi connectivity index (χ0n) is 13.2. The Balaban J connectivity index is 1.84. The molecule has 3 rings (SSSR count). The van der Waals surface area contributed by atoms with Crippen molar-refractivity contribution in [2.75, 3.05) is 11.9 Å². The lowest BCUT2D eigenvalue weighted by Gasteiger charge is -2.38. The molecule has 116 valence electrons. The third-order valence-corrected chi connectivity index (χ3v) is 6.78.